The van der Waals surface area contributed by atoms with Crippen LogP contribution in [0.5, 0.6) is 0 Å². The SMILES string of the molecule is O=c1n(Cc2ccccc2)nc2ccc(S(=O)(=O)N3CCCC3)cn12. The number of benzene rings is 1. The molecule has 130 valence electrons. The molecule has 0 amide bonds. The molecule has 1 aliphatic heterocycles. The van der Waals surface area contributed by atoms with Crippen LogP contribution in [-0.4, -0.2) is 40.0 Å². The summed E-state index contributed by atoms with van der Waals surface area (Å²) in [6, 6.07) is 12.6. The van der Waals surface area contributed by atoms with Crippen molar-refractivity contribution in [2.45, 2.75) is 24.3 Å². The molecule has 1 saturated heterocycles. The van der Waals surface area contributed by atoms with Crippen LogP contribution in [0.1, 0.15) is 18.4 Å². The molecule has 0 N–H and O–H groups in total. The molecule has 2 aromatic heterocycles. The number of sulfonamides is 1. The summed E-state index contributed by atoms with van der Waals surface area (Å²) in [7, 11) is -3.56. The monoisotopic (exact) mass is 358 g/mol. The lowest BCUT2D eigenvalue weighted by Crippen LogP contribution is -2.28. The molecule has 0 unspecified atom stereocenters. The molecule has 1 aromatic carbocycles. The summed E-state index contributed by atoms with van der Waals surface area (Å²) < 4.78 is 29.4. The fourth-order valence-electron chi connectivity index (χ4n) is 3.09. The second kappa shape index (κ2) is 6.12. The van der Waals surface area contributed by atoms with E-state index in [0.29, 0.717) is 25.3 Å². The van der Waals surface area contributed by atoms with Crippen LogP contribution in [0.3, 0.4) is 0 Å². The smallest absolute Gasteiger partial charge is 0.249 e. The normalized spacial score (nSPS) is 15.8. The minimum atomic E-state index is -3.56. The van der Waals surface area contributed by atoms with Gasteiger partial charge < -0.3 is 0 Å². The van der Waals surface area contributed by atoms with Crippen molar-refractivity contribution in [1.29, 1.82) is 0 Å². The van der Waals surface area contributed by atoms with Crippen LogP contribution in [0.4, 0.5) is 0 Å². The van der Waals surface area contributed by atoms with E-state index in [1.54, 1.807) is 6.07 Å². The van der Waals surface area contributed by atoms with E-state index >= 15 is 0 Å². The number of hydrogen-bond acceptors (Lipinski definition) is 4. The summed E-state index contributed by atoms with van der Waals surface area (Å²) in [5.41, 5.74) is 1.04. The molecule has 0 aliphatic carbocycles. The Bertz CT molecular complexity index is 1060. The van der Waals surface area contributed by atoms with Crippen molar-refractivity contribution in [3.63, 3.8) is 0 Å². The summed E-state index contributed by atoms with van der Waals surface area (Å²) in [6.07, 6.45) is 3.12. The number of aromatic nitrogens is 3. The van der Waals surface area contributed by atoms with Gasteiger partial charge in [-0.15, -0.1) is 5.10 Å². The molecule has 25 heavy (non-hydrogen) atoms. The predicted octanol–water partition coefficient (Wildman–Crippen LogP) is 1.33. The van der Waals surface area contributed by atoms with Crippen LogP contribution in [0.2, 0.25) is 0 Å². The van der Waals surface area contributed by atoms with E-state index in [2.05, 4.69) is 5.10 Å². The second-order valence-electron chi connectivity index (χ2n) is 6.13. The highest BCUT2D eigenvalue weighted by atomic mass is 32.2. The fourth-order valence-corrected chi connectivity index (χ4v) is 4.60. The van der Waals surface area contributed by atoms with Gasteiger partial charge in [-0.1, -0.05) is 30.3 Å². The summed E-state index contributed by atoms with van der Waals surface area (Å²) in [5, 5.41) is 4.29. The van der Waals surface area contributed by atoms with Crippen LogP contribution in [0.25, 0.3) is 5.65 Å². The number of rotatable bonds is 4. The minimum Gasteiger partial charge on any atom is -0.249 e. The van der Waals surface area contributed by atoms with Crippen LogP contribution in [0, 0.1) is 0 Å². The molecule has 0 spiro atoms. The van der Waals surface area contributed by atoms with Gasteiger partial charge in [-0.3, -0.25) is 0 Å². The Labute approximate surface area is 145 Å². The number of nitrogens with zero attached hydrogens (tertiary/aromatic N) is 4. The molecule has 0 atom stereocenters. The average molecular weight is 358 g/mol. The molecule has 8 heteroatoms. The van der Waals surface area contributed by atoms with Gasteiger partial charge >= 0.3 is 5.69 Å². The second-order valence-corrected chi connectivity index (χ2v) is 8.07. The molecular weight excluding hydrogens is 340 g/mol. The number of hydrogen-bond donors (Lipinski definition) is 0. The van der Waals surface area contributed by atoms with E-state index in [1.165, 1.54) is 25.7 Å². The van der Waals surface area contributed by atoms with Gasteiger partial charge in [0, 0.05) is 19.3 Å². The van der Waals surface area contributed by atoms with E-state index in [4.69, 9.17) is 0 Å². The Morgan fingerprint density at radius 1 is 1.00 bits per heavy atom. The van der Waals surface area contributed by atoms with Crippen molar-refractivity contribution in [2.75, 3.05) is 13.1 Å². The Morgan fingerprint density at radius 3 is 2.44 bits per heavy atom. The summed E-state index contributed by atoms with van der Waals surface area (Å²) >= 11 is 0. The zero-order valence-corrected chi connectivity index (χ0v) is 14.4. The first-order chi connectivity index (χ1) is 12.1. The molecule has 3 heterocycles. The third kappa shape index (κ3) is 2.87. The largest absolute Gasteiger partial charge is 0.350 e. The first-order valence-corrected chi connectivity index (χ1v) is 9.63. The standard InChI is InChI=1S/C17H18N4O3S/c22-17-20-13-15(25(23,24)19-10-4-5-11-19)8-9-16(20)18-21(17)12-14-6-2-1-3-7-14/h1-3,6-9,13H,4-5,10-12H2. The fraction of sp³-hybridized carbons (Fsp3) is 0.294. The van der Waals surface area contributed by atoms with Gasteiger partial charge in [0.1, 0.15) is 0 Å². The third-order valence-electron chi connectivity index (χ3n) is 4.43. The number of fused-ring (bicyclic) bond motifs is 1. The highest BCUT2D eigenvalue weighted by molar-refractivity contribution is 7.89. The minimum absolute atomic E-state index is 0.128. The lowest BCUT2D eigenvalue weighted by Gasteiger charge is -2.15. The summed E-state index contributed by atoms with van der Waals surface area (Å²) in [6.45, 7) is 1.40. The Morgan fingerprint density at radius 2 is 1.72 bits per heavy atom. The first-order valence-electron chi connectivity index (χ1n) is 8.19. The maximum atomic E-state index is 12.7. The zero-order chi connectivity index (χ0) is 17.4. The average Bonchev–Trinajstić information content (AvgIpc) is 3.26. The van der Waals surface area contributed by atoms with Gasteiger partial charge in [0.05, 0.1) is 11.4 Å². The summed E-state index contributed by atoms with van der Waals surface area (Å²) in [4.78, 5) is 12.7. The first kappa shape index (κ1) is 16.0. The van der Waals surface area contributed by atoms with Gasteiger partial charge in [0.2, 0.25) is 10.0 Å². The van der Waals surface area contributed by atoms with E-state index < -0.39 is 10.0 Å². The summed E-state index contributed by atoms with van der Waals surface area (Å²) in [5.74, 6) is 0. The zero-order valence-electron chi connectivity index (χ0n) is 13.6. The Kier molecular flexibility index (Phi) is 3.93. The molecule has 0 saturated carbocycles. The Balaban J connectivity index is 1.74. The van der Waals surface area contributed by atoms with E-state index in [0.717, 1.165) is 18.4 Å². The van der Waals surface area contributed by atoms with Crippen LogP contribution in [-0.2, 0) is 16.6 Å². The molecule has 7 nitrogen and oxygen atoms in total. The van der Waals surface area contributed by atoms with Gasteiger partial charge in [0.25, 0.3) is 0 Å². The van der Waals surface area contributed by atoms with Crippen molar-refractivity contribution in [2.24, 2.45) is 0 Å². The van der Waals surface area contributed by atoms with Crippen LogP contribution in [0.15, 0.2) is 58.4 Å². The van der Waals surface area contributed by atoms with Crippen LogP contribution < -0.4 is 5.69 Å². The molecule has 4 rings (SSSR count). The third-order valence-corrected chi connectivity index (χ3v) is 6.31. The van der Waals surface area contributed by atoms with Gasteiger partial charge in [-0.25, -0.2) is 22.3 Å². The lowest BCUT2D eigenvalue weighted by atomic mass is 10.2. The number of pyridine rings is 1. The lowest BCUT2D eigenvalue weighted by molar-refractivity contribution is 0.477. The predicted molar refractivity (Wildman–Crippen MR) is 93.0 cm³/mol. The van der Waals surface area contributed by atoms with Crippen molar-refractivity contribution < 1.29 is 8.42 Å². The molecule has 0 radical (unpaired) electrons. The maximum absolute atomic E-state index is 12.7. The maximum Gasteiger partial charge on any atom is 0.350 e. The quantitative estimate of drug-likeness (QED) is 0.705. The molecular formula is C17H18N4O3S. The van der Waals surface area contributed by atoms with Gasteiger partial charge in [0.15, 0.2) is 5.65 Å². The van der Waals surface area contributed by atoms with E-state index in [1.807, 2.05) is 30.3 Å². The molecule has 3 aromatic rings. The van der Waals surface area contributed by atoms with Crippen molar-refractivity contribution in [3.8, 4) is 0 Å². The highest BCUT2D eigenvalue weighted by Crippen LogP contribution is 2.20. The van der Waals surface area contributed by atoms with Crippen molar-refractivity contribution in [3.05, 3.63) is 64.7 Å². The van der Waals surface area contributed by atoms with Crippen LogP contribution >= 0.6 is 0 Å². The van der Waals surface area contributed by atoms with Gasteiger partial charge in [-0.2, -0.15) is 4.31 Å². The highest BCUT2D eigenvalue weighted by Gasteiger charge is 2.27. The molecule has 1 aliphatic rings. The molecule has 1 fully saturated rings. The van der Waals surface area contributed by atoms with Gasteiger partial charge in [-0.05, 0) is 30.5 Å². The van der Waals surface area contributed by atoms with E-state index in [-0.39, 0.29) is 10.6 Å². The topological polar surface area (TPSA) is 76.7 Å². The van der Waals surface area contributed by atoms with E-state index in [9.17, 15) is 13.2 Å². The molecule has 0 bridgehead atoms. The van der Waals surface area contributed by atoms with Crippen molar-refractivity contribution in [1.82, 2.24) is 18.5 Å². The Hall–Kier alpha value is -2.45. The van der Waals surface area contributed by atoms with Crippen molar-refractivity contribution >= 4 is 15.7 Å².